The van der Waals surface area contributed by atoms with Gasteiger partial charge in [-0.2, -0.15) is 0 Å². The number of carbonyl (C=O) groups is 1. The van der Waals surface area contributed by atoms with E-state index >= 15 is 0 Å². The van der Waals surface area contributed by atoms with Crippen LogP contribution in [0, 0.1) is 0 Å². The Hall–Kier alpha value is -2.86. The van der Waals surface area contributed by atoms with E-state index in [-0.39, 0.29) is 11.9 Å². The zero-order chi connectivity index (χ0) is 21.2. The first-order chi connectivity index (χ1) is 14.7. The average Bonchev–Trinajstić information content (AvgIpc) is 3.25. The molecule has 0 radical (unpaired) electrons. The van der Waals surface area contributed by atoms with Crippen LogP contribution >= 0.6 is 0 Å². The van der Waals surface area contributed by atoms with Crippen LogP contribution in [0.1, 0.15) is 36.5 Å². The van der Waals surface area contributed by atoms with Gasteiger partial charge in [0.05, 0.1) is 13.2 Å². The molecule has 0 aromatic heterocycles. The second-order valence-electron chi connectivity index (χ2n) is 7.55. The number of hydrogen-bond acceptors (Lipinski definition) is 3. The summed E-state index contributed by atoms with van der Waals surface area (Å²) in [6.45, 7) is 5.33. The number of benzene rings is 2. The van der Waals surface area contributed by atoms with Gasteiger partial charge >= 0.3 is 0 Å². The second kappa shape index (κ2) is 11.4. The van der Waals surface area contributed by atoms with E-state index in [9.17, 15) is 4.79 Å². The fraction of sp³-hybridized carbons (Fsp3) is 0.417. The minimum absolute atomic E-state index is 0.216. The van der Waals surface area contributed by atoms with Crippen LogP contribution in [0.5, 0.6) is 0 Å². The molecule has 1 unspecified atom stereocenters. The van der Waals surface area contributed by atoms with E-state index in [1.54, 1.807) is 7.05 Å². The van der Waals surface area contributed by atoms with Crippen molar-refractivity contribution in [3.63, 3.8) is 0 Å². The molecule has 1 aliphatic heterocycles. The quantitative estimate of drug-likeness (QED) is 0.520. The standard InChI is InChI=1S/C24H32N4O2/c1-3-23(29)28-13-12-22(16-28)27-24(25-2)26-15-20-10-7-11-21(14-20)18-30-17-19-8-5-4-6-9-19/h4-11,14,22H,3,12-13,15-18H2,1-2H3,(H2,25,26,27). The monoisotopic (exact) mass is 408 g/mol. The van der Waals surface area contributed by atoms with Crippen LogP contribution in [0.15, 0.2) is 59.6 Å². The van der Waals surface area contributed by atoms with Crippen LogP contribution in [0.2, 0.25) is 0 Å². The summed E-state index contributed by atoms with van der Waals surface area (Å²) in [4.78, 5) is 18.1. The fourth-order valence-electron chi connectivity index (χ4n) is 3.59. The molecular formula is C24H32N4O2. The maximum atomic E-state index is 11.9. The van der Waals surface area contributed by atoms with Gasteiger partial charge in [-0.15, -0.1) is 0 Å². The van der Waals surface area contributed by atoms with Gasteiger partial charge in [-0.05, 0) is 23.1 Å². The van der Waals surface area contributed by atoms with E-state index in [0.29, 0.717) is 26.2 Å². The zero-order valence-corrected chi connectivity index (χ0v) is 17.9. The normalized spacial score (nSPS) is 16.5. The predicted octanol–water partition coefficient (Wildman–Crippen LogP) is 3.08. The maximum absolute atomic E-state index is 11.9. The van der Waals surface area contributed by atoms with E-state index in [1.807, 2.05) is 30.0 Å². The summed E-state index contributed by atoms with van der Waals surface area (Å²) in [7, 11) is 1.77. The summed E-state index contributed by atoms with van der Waals surface area (Å²) in [6.07, 6.45) is 1.51. The van der Waals surface area contributed by atoms with Crippen LogP contribution < -0.4 is 10.6 Å². The number of hydrogen-bond donors (Lipinski definition) is 2. The molecule has 6 nitrogen and oxygen atoms in total. The van der Waals surface area contributed by atoms with Crippen molar-refractivity contribution in [2.45, 2.75) is 45.6 Å². The molecule has 0 saturated carbocycles. The largest absolute Gasteiger partial charge is 0.372 e. The van der Waals surface area contributed by atoms with Gasteiger partial charge in [-0.1, -0.05) is 61.5 Å². The highest BCUT2D eigenvalue weighted by Gasteiger charge is 2.25. The number of nitrogens with one attached hydrogen (secondary N) is 2. The molecule has 0 spiro atoms. The summed E-state index contributed by atoms with van der Waals surface area (Å²) in [5, 5.41) is 6.81. The van der Waals surface area contributed by atoms with Crippen molar-refractivity contribution in [3.05, 3.63) is 71.3 Å². The lowest BCUT2D eigenvalue weighted by Crippen LogP contribution is -2.44. The van der Waals surface area contributed by atoms with Gasteiger partial charge in [0.25, 0.3) is 0 Å². The Morgan fingerprint density at radius 3 is 2.60 bits per heavy atom. The minimum Gasteiger partial charge on any atom is -0.372 e. The van der Waals surface area contributed by atoms with E-state index in [4.69, 9.17) is 4.74 Å². The topological polar surface area (TPSA) is 66.0 Å². The number of ether oxygens (including phenoxy) is 1. The van der Waals surface area contributed by atoms with E-state index in [2.05, 4.69) is 52.0 Å². The van der Waals surface area contributed by atoms with Gasteiger partial charge in [-0.25, -0.2) is 0 Å². The third-order valence-electron chi connectivity index (χ3n) is 5.24. The number of rotatable bonds is 8. The highest BCUT2D eigenvalue weighted by molar-refractivity contribution is 5.80. The molecule has 1 heterocycles. The van der Waals surface area contributed by atoms with Crippen molar-refractivity contribution in [3.8, 4) is 0 Å². The first-order valence-electron chi connectivity index (χ1n) is 10.6. The number of carbonyl (C=O) groups excluding carboxylic acids is 1. The van der Waals surface area contributed by atoms with Crippen molar-refractivity contribution >= 4 is 11.9 Å². The van der Waals surface area contributed by atoms with Crippen LogP contribution in [0.3, 0.4) is 0 Å². The Morgan fingerprint density at radius 1 is 1.10 bits per heavy atom. The molecule has 2 aromatic rings. The lowest BCUT2D eigenvalue weighted by atomic mass is 10.1. The van der Waals surface area contributed by atoms with Crippen LogP contribution in [0.25, 0.3) is 0 Å². The molecule has 0 aliphatic carbocycles. The Kier molecular flexibility index (Phi) is 8.27. The zero-order valence-electron chi connectivity index (χ0n) is 17.9. The molecule has 30 heavy (non-hydrogen) atoms. The molecule has 1 amide bonds. The van der Waals surface area contributed by atoms with E-state index in [0.717, 1.165) is 31.0 Å². The Balaban J connectivity index is 1.44. The first-order valence-corrected chi connectivity index (χ1v) is 10.6. The smallest absolute Gasteiger partial charge is 0.222 e. The molecule has 6 heteroatoms. The molecule has 160 valence electrons. The van der Waals surface area contributed by atoms with Crippen LogP contribution in [0.4, 0.5) is 0 Å². The molecule has 0 bridgehead atoms. The third-order valence-corrected chi connectivity index (χ3v) is 5.24. The Bertz CT molecular complexity index is 838. The summed E-state index contributed by atoms with van der Waals surface area (Å²) >= 11 is 0. The van der Waals surface area contributed by atoms with Crippen molar-refractivity contribution in [1.82, 2.24) is 15.5 Å². The molecule has 3 rings (SSSR count). The fourth-order valence-corrected chi connectivity index (χ4v) is 3.59. The van der Waals surface area contributed by atoms with Gasteiger partial charge in [0.2, 0.25) is 5.91 Å². The molecule has 2 aromatic carbocycles. The van der Waals surface area contributed by atoms with Crippen LogP contribution in [-0.2, 0) is 29.3 Å². The lowest BCUT2D eigenvalue weighted by molar-refractivity contribution is -0.129. The van der Waals surface area contributed by atoms with Gasteiger partial charge in [0, 0.05) is 39.1 Å². The first kappa shape index (κ1) is 21.8. The second-order valence-corrected chi connectivity index (χ2v) is 7.55. The van der Waals surface area contributed by atoms with Gasteiger partial charge in [-0.3, -0.25) is 9.79 Å². The maximum Gasteiger partial charge on any atom is 0.222 e. The summed E-state index contributed by atoms with van der Waals surface area (Å²) in [5.41, 5.74) is 3.50. The summed E-state index contributed by atoms with van der Waals surface area (Å²) in [5.74, 6) is 0.977. The third kappa shape index (κ3) is 6.59. The van der Waals surface area contributed by atoms with Crippen molar-refractivity contribution in [2.24, 2.45) is 4.99 Å². The lowest BCUT2D eigenvalue weighted by Gasteiger charge is -2.19. The number of guanidine groups is 1. The highest BCUT2D eigenvalue weighted by atomic mass is 16.5. The Labute approximate surface area is 179 Å². The van der Waals surface area contributed by atoms with Gasteiger partial charge in [0.1, 0.15) is 0 Å². The predicted molar refractivity (Wildman–Crippen MR) is 120 cm³/mol. The molecule has 1 fully saturated rings. The SMILES string of the molecule is CCC(=O)N1CCC(NC(=NC)NCc2cccc(COCc3ccccc3)c2)C1. The average molecular weight is 409 g/mol. The molecule has 1 atom stereocenters. The number of nitrogens with zero attached hydrogens (tertiary/aromatic N) is 2. The van der Waals surface area contributed by atoms with Crippen LogP contribution in [-0.4, -0.2) is 42.9 Å². The molecule has 1 aliphatic rings. The summed E-state index contributed by atoms with van der Waals surface area (Å²) < 4.78 is 5.85. The van der Waals surface area contributed by atoms with E-state index in [1.165, 1.54) is 11.1 Å². The molecule has 2 N–H and O–H groups in total. The van der Waals surface area contributed by atoms with Gasteiger partial charge < -0.3 is 20.3 Å². The number of likely N-dealkylation sites (tertiary alicyclic amines) is 1. The minimum atomic E-state index is 0.216. The van der Waals surface area contributed by atoms with E-state index < -0.39 is 0 Å². The molecular weight excluding hydrogens is 376 g/mol. The van der Waals surface area contributed by atoms with Crippen molar-refractivity contribution in [1.29, 1.82) is 0 Å². The molecule has 1 saturated heterocycles. The van der Waals surface area contributed by atoms with Crippen molar-refractivity contribution in [2.75, 3.05) is 20.1 Å². The Morgan fingerprint density at radius 2 is 1.83 bits per heavy atom. The highest BCUT2D eigenvalue weighted by Crippen LogP contribution is 2.11. The number of amides is 1. The van der Waals surface area contributed by atoms with Crippen molar-refractivity contribution < 1.29 is 9.53 Å². The number of aliphatic imine (C=N–C) groups is 1. The van der Waals surface area contributed by atoms with Gasteiger partial charge in [0.15, 0.2) is 5.96 Å². The summed E-state index contributed by atoms with van der Waals surface area (Å²) in [6, 6.07) is 18.8.